The Kier molecular flexibility index (Phi) is 13.5. The molecule has 3 N–H and O–H groups in total. The topological polar surface area (TPSA) is 108 Å². The van der Waals surface area contributed by atoms with Gasteiger partial charge in [-0.15, -0.1) is 6.42 Å². The summed E-state index contributed by atoms with van der Waals surface area (Å²) in [6, 6.07) is 17.2. The van der Waals surface area contributed by atoms with Crippen LogP contribution >= 0.6 is 0 Å². The van der Waals surface area contributed by atoms with Crippen molar-refractivity contribution in [1.82, 2.24) is 10.2 Å². The zero-order valence-electron chi connectivity index (χ0n) is 28.6. The normalized spacial score (nSPS) is 12.4. The van der Waals surface area contributed by atoms with Gasteiger partial charge in [0.1, 0.15) is 23.4 Å². The average Bonchev–Trinajstić information content (AvgIpc) is 3.02. The number of alkyl carbamates (subject to hydrolysis) is 1. The second kappa shape index (κ2) is 17.2. The summed E-state index contributed by atoms with van der Waals surface area (Å²) < 4.78 is 5.54. The van der Waals surface area contributed by atoms with Crippen LogP contribution in [0, 0.1) is 26.2 Å². The predicted molar refractivity (Wildman–Crippen MR) is 187 cm³/mol. The third kappa shape index (κ3) is 11.2. The first-order chi connectivity index (χ1) is 22.3. The van der Waals surface area contributed by atoms with E-state index in [1.165, 1.54) is 12.1 Å². The van der Waals surface area contributed by atoms with Crippen molar-refractivity contribution in [3.05, 3.63) is 94.5 Å². The average molecular weight is 640 g/mol. The molecule has 0 heterocycles. The molecule has 8 heteroatoms. The zero-order chi connectivity index (χ0) is 34.6. The summed E-state index contributed by atoms with van der Waals surface area (Å²) in [5.74, 6) is 1.89. The summed E-state index contributed by atoms with van der Waals surface area (Å²) in [5.41, 5.74) is 3.65. The number of ether oxygens (including phenoxy) is 1. The molecule has 0 fully saturated rings. The molecule has 8 nitrogen and oxygen atoms in total. The molecule has 250 valence electrons. The molecular formula is C39H49N3O5. The van der Waals surface area contributed by atoms with Gasteiger partial charge < -0.3 is 25.4 Å². The fourth-order valence-electron chi connectivity index (χ4n) is 5.41. The van der Waals surface area contributed by atoms with Gasteiger partial charge in [-0.25, -0.2) is 4.79 Å². The van der Waals surface area contributed by atoms with Gasteiger partial charge in [-0.3, -0.25) is 9.59 Å². The number of terminal acetylenes is 1. The number of aromatic hydroxyl groups is 1. The third-order valence-corrected chi connectivity index (χ3v) is 7.83. The number of benzene rings is 3. The van der Waals surface area contributed by atoms with Crippen molar-refractivity contribution < 1.29 is 24.2 Å². The molecule has 3 aromatic carbocycles. The van der Waals surface area contributed by atoms with E-state index in [1.54, 1.807) is 62.1 Å². The Balaban J connectivity index is 2.11. The number of hydrogen-bond donors (Lipinski definition) is 3. The minimum Gasteiger partial charge on any atom is -0.508 e. The number of carbonyl (C=O) groups is 3. The molecule has 0 aliphatic rings. The fourth-order valence-corrected chi connectivity index (χ4v) is 5.41. The van der Waals surface area contributed by atoms with E-state index >= 15 is 0 Å². The largest absolute Gasteiger partial charge is 0.508 e. The maximum absolute atomic E-state index is 14.8. The Morgan fingerprint density at radius 3 is 2.11 bits per heavy atom. The molecule has 0 saturated carbocycles. The minimum atomic E-state index is -1.06. The lowest BCUT2D eigenvalue weighted by Gasteiger charge is -2.35. The van der Waals surface area contributed by atoms with E-state index in [9.17, 15) is 19.5 Å². The summed E-state index contributed by atoms with van der Waals surface area (Å²) in [5, 5.41) is 15.7. The van der Waals surface area contributed by atoms with Crippen LogP contribution in [0.15, 0.2) is 66.7 Å². The lowest BCUT2D eigenvalue weighted by Crippen LogP contribution is -2.53. The Morgan fingerprint density at radius 1 is 0.915 bits per heavy atom. The Hall–Kier alpha value is -4.77. The first kappa shape index (κ1) is 36.7. The van der Waals surface area contributed by atoms with Crippen molar-refractivity contribution in [2.24, 2.45) is 0 Å². The Bertz CT molecular complexity index is 1510. The van der Waals surface area contributed by atoms with Crippen LogP contribution in [0.25, 0.3) is 0 Å². The third-order valence-electron chi connectivity index (χ3n) is 7.83. The number of amides is 3. The number of anilines is 1. The molecule has 0 aromatic heterocycles. The van der Waals surface area contributed by atoms with Gasteiger partial charge in [0, 0.05) is 24.2 Å². The molecule has 3 amide bonds. The number of aryl methyl sites for hydroxylation is 2. The van der Waals surface area contributed by atoms with Gasteiger partial charge in [-0.2, -0.15) is 0 Å². The summed E-state index contributed by atoms with van der Waals surface area (Å²) in [6.07, 6.45) is 9.69. The summed E-state index contributed by atoms with van der Waals surface area (Å²) in [4.78, 5) is 43.8. The van der Waals surface area contributed by atoms with Crippen LogP contribution in [0.1, 0.15) is 93.7 Å². The van der Waals surface area contributed by atoms with Gasteiger partial charge in [0.15, 0.2) is 0 Å². The molecule has 0 bridgehead atoms. The van der Waals surface area contributed by atoms with Gasteiger partial charge in [0.25, 0.3) is 5.91 Å². The van der Waals surface area contributed by atoms with Crippen molar-refractivity contribution in [1.29, 1.82) is 0 Å². The molecule has 3 aromatic rings. The van der Waals surface area contributed by atoms with Gasteiger partial charge in [0.2, 0.25) is 5.91 Å². The maximum Gasteiger partial charge on any atom is 0.408 e. The standard InChI is InChI=1S/C39H49N3O5/c1-8-10-11-12-13-25-42(37(45)33(40-38(46)47-39(5,6)7)26-30-19-23-32(43)24-20-30)35(31-21-17-29(9-2)18-22-31)36(44)41-34-27(3)15-14-16-28(34)4/h2,14-24,33,35,43H,8,10-13,25-26H2,1,3-7H3,(H,40,46)(H,41,44). The molecule has 2 unspecified atom stereocenters. The van der Waals surface area contributed by atoms with E-state index in [2.05, 4.69) is 23.5 Å². The maximum atomic E-state index is 14.8. The van der Waals surface area contributed by atoms with Crippen LogP contribution < -0.4 is 10.6 Å². The van der Waals surface area contributed by atoms with Gasteiger partial charge in [-0.1, -0.05) is 81.0 Å². The molecule has 47 heavy (non-hydrogen) atoms. The van der Waals surface area contributed by atoms with Gasteiger partial charge in [-0.05, 0) is 87.6 Å². The van der Waals surface area contributed by atoms with E-state index < -0.39 is 29.7 Å². The number of unbranched alkanes of at least 4 members (excludes halogenated alkanes) is 4. The van der Waals surface area contributed by atoms with Crippen molar-refractivity contribution in [3.8, 4) is 18.1 Å². The highest BCUT2D eigenvalue weighted by atomic mass is 16.6. The number of hydrogen-bond acceptors (Lipinski definition) is 5. The lowest BCUT2D eigenvalue weighted by molar-refractivity contribution is -0.140. The molecular weight excluding hydrogens is 590 g/mol. The Labute approximate surface area is 279 Å². The second-order valence-electron chi connectivity index (χ2n) is 12.9. The highest BCUT2D eigenvalue weighted by Crippen LogP contribution is 2.28. The quantitative estimate of drug-likeness (QED) is 0.124. The summed E-state index contributed by atoms with van der Waals surface area (Å²) >= 11 is 0. The van der Waals surface area contributed by atoms with Crippen molar-refractivity contribution >= 4 is 23.6 Å². The number of phenolic OH excluding ortho intramolecular Hbond substituents is 1. The van der Waals surface area contributed by atoms with Gasteiger partial charge >= 0.3 is 6.09 Å². The molecule has 0 radical (unpaired) electrons. The van der Waals surface area contributed by atoms with E-state index in [0.29, 0.717) is 23.2 Å². The first-order valence-electron chi connectivity index (χ1n) is 16.3. The Morgan fingerprint density at radius 2 is 1.53 bits per heavy atom. The van der Waals surface area contributed by atoms with E-state index in [0.717, 1.165) is 42.4 Å². The van der Waals surface area contributed by atoms with Crippen LogP contribution in [-0.4, -0.2) is 46.1 Å². The predicted octanol–water partition coefficient (Wildman–Crippen LogP) is 7.61. The van der Waals surface area contributed by atoms with E-state index in [1.807, 2.05) is 32.0 Å². The number of nitrogens with zero attached hydrogens (tertiary/aromatic N) is 1. The van der Waals surface area contributed by atoms with E-state index in [4.69, 9.17) is 11.2 Å². The second-order valence-corrected chi connectivity index (χ2v) is 12.9. The van der Waals surface area contributed by atoms with Crippen LogP contribution in [-0.2, 0) is 20.7 Å². The molecule has 3 rings (SSSR count). The highest BCUT2D eigenvalue weighted by molar-refractivity contribution is 6.00. The van der Waals surface area contributed by atoms with Crippen molar-refractivity contribution in [2.75, 3.05) is 11.9 Å². The molecule has 0 aliphatic heterocycles. The number of carbonyl (C=O) groups excluding carboxylic acids is 3. The summed E-state index contributed by atoms with van der Waals surface area (Å²) in [6.45, 7) is 11.5. The number of nitrogens with one attached hydrogen (secondary N) is 2. The number of rotatable bonds is 14. The van der Waals surface area contributed by atoms with Crippen molar-refractivity contribution in [3.63, 3.8) is 0 Å². The zero-order valence-corrected chi connectivity index (χ0v) is 28.6. The van der Waals surface area contributed by atoms with Crippen LogP contribution in [0.2, 0.25) is 0 Å². The highest BCUT2D eigenvalue weighted by Gasteiger charge is 2.36. The minimum absolute atomic E-state index is 0.0871. The smallest absolute Gasteiger partial charge is 0.408 e. The monoisotopic (exact) mass is 639 g/mol. The van der Waals surface area contributed by atoms with Gasteiger partial charge in [0.05, 0.1) is 0 Å². The fraction of sp³-hybridized carbons (Fsp3) is 0.410. The first-order valence-corrected chi connectivity index (χ1v) is 16.3. The van der Waals surface area contributed by atoms with Crippen molar-refractivity contribution in [2.45, 2.75) is 97.8 Å². The molecule has 2 atom stereocenters. The molecule has 0 spiro atoms. The van der Waals surface area contributed by atoms with Crippen LogP contribution in [0.4, 0.5) is 10.5 Å². The van der Waals surface area contributed by atoms with Crippen LogP contribution in [0.3, 0.4) is 0 Å². The van der Waals surface area contributed by atoms with E-state index in [-0.39, 0.29) is 24.6 Å². The SMILES string of the molecule is C#Cc1ccc(C(C(=O)Nc2c(C)cccc2C)N(CCCCCCC)C(=O)C(Cc2ccc(O)cc2)NC(=O)OC(C)(C)C)cc1. The molecule has 0 aliphatic carbocycles. The lowest BCUT2D eigenvalue weighted by atomic mass is 9.98. The number of para-hydroxylation sites is 1. The summed E-state index contributed by atoms with van der Waals surface area (Å²) in [7, 11) is 0. The molecule has 0 saturated heterocycles. The van der Waals surface area contributed by atoms with Crippen LogP contribution in [0.5, 0.6) is 5.75 Å². The number of phenols is 1.